The molecule has 6 heteroatoms. The van der Waals surface area contributed by atoms with Crippen LogP contribution in [-0.4, -0.2) is 36.2 Å². The zero-order chi connectivity index (χ0) is 24.6. The van der Waals surface area contributed by atoms with E-state index in [9.17, 15) is 9.59 Å². The van der Waals surface area contributed by atoms with Crippen molar-refractivity contribution in [2.24, 2.45) is 0 Å². The van der Waals surface area contributed by atoms with E-state index in [4.69, 9.17) is 14.6 Å². The summed E-state index contributed by atoms with van der Waals surface area (Å²) in [5, 5.41) is 11.9. The molecular formula is C29H29NO5. The minimum atomic E-state index is -0.438. The number of benzene rings is 3. The molecule has 5 rings (SSSR count). The summed E-state index contributed by atoms with van der Waals surface area (Å²) in [6.07, 6.45) is 2.06. The second-order valence-electron chi connectivity index (χ2n) is 9.53. The van der Waals surface area contributed by atoms with Crippen molar-refractivity contribution < 1.29 is 24.2 Å². The minimum absolute atomic E-state index is 0.107. The molecule has 1 aliphatic heterocycles. The van der Waals surface area contributed by atoms with Gasteiger partial charge in [-0.25, -0.2) is 0 Å². The lowest BCUT2D eigenvalue weighted by molar-refractivity contribution is -0.120. The van der Waals surface area contributed by atoms with Gasteiger partial charge in [-0.15, -0.1) is 0 Å². The molecule has 2 N–H and O–H groups in total. The smallest absolute Gasteiger partial charge is 0.251 e. The van der Waals surface area contributed by atoms with E-state index in [-0.39, 0.29) is 31.1 Å². The van der Waals surface area contributed by atoms with Crippen molar-refractivity contribution in [2.45, 2.75) is 44.6 Å². The maximum Gasteiger partial charge on any atom is 0.251 e. The highest BCUT2D eigenvalue weighted by molar-refractivity contribution is 5.96. The summed E-state index contributed by atoms with van der Waals surface area (Å²) in [5.74, 6) is 1.44. The third kappa shape index (κ3) is 4.54. The fourth-order valence-electron chi connectivity index (χ4n) is 4.65. The van der Waals surface area contributed by atoms with Crippen LogP contribution in [0, 0.1) is 6.92 Å². The van der Waals surface area contributed by atoms with E-state index in [1.54, 1.807) is 19.1 Å². The predicted octanol–water partition coefficient (Wildman–Crippen LogP) is 4.34. The Labute approximate surface area is 204 Å². The first-order chi connectivity index (χ1) is 16.9. The Morgan fingerprint density at radius 3 is 2.46 bits per heavy atom. The number of rotatable bonds is 8. The lowest BCUT2D eigenvalue weighted by atomic mass is 9.87. The normalized spacial score (nSPS) is 16.0. The third-order valence-electron chi connectivity index (χ3n) is 6.99. The molecule has 0 saturated heterocycles. The van der Waals surface area contributed by atoms with E-state index in [2.05, 4.69) is 11.4 Å². The highest BCUT2D eigenvalue weighted by Crippen LogP contribution is 2.51. The summed E-state index contributed by atoms with van der Waals surface area (Å²) in [6.45, 7) is 3.91. The molecule has 0 spiro atoms. The predicted molar refractivity (Wildman–Crippen MR) is 133 cm³/mol. The highest BCUT2D eigenvalue weighted by Gasteiger charge is 2.50. The number of hydrogen-bond acceptors (Lipinski definition) is 5. The molecule has 1 amide bonds. The van der Waals surface area contributed by atoms with Gasteiger partial charge < -0.3 is 19.9 Å². The molecule has 2 aliphatic rings. The number of hydrogen-bond donors (Lipinski definition) is 2. The molecule has 0 aromatic heterocycles. The quantitative estimate of drug-likeness (QED) is 0.510. The zero-order valence-corrected chi connectivity index (χ0v) is 20.0. The largest absolute Gasteiger partial charge is 0.454 e. The molecule has 1 atom stereocenters. The Balaban J connectivity index is 1.33. The molecule has 1 fully saturated rings. The van der Waals surface area contributed by atoms with Crippen LogP contribution in [0.15, 0.2) is 60.7 Å². The Bertz CT molecular complexity index is 1280. The molecule has 35 heavy (non-hydrogen) atoms. The van der Waals surface area contributed by atoms with Crippen molar-refractivity contribution in [1.29, 1.82) is 0 Å². The second-order valence-corrected chi connectivity index (χ2v) is 9.53. The van der Waals surface area contributed by atoms with Gasteiger partial charge in [-0.3, -0.25) is 9.59 Å². The molecule has 0 bridgehead atoms. The lowest BCUT2D eigenvalue weighted by Gasteiger charge is -2.16. The fraction of sp³-hybridized carbons (Fsp3) is 0.310. The van der Waals surface area contributed by atoms with Gasteiger partial charge in [0.1, 0.15) is 5.78 Å². The summed E-state index contributed by atoms with van der Waals surface area (Å²) < 4.78 is 10.9. The first-order valence-corrected chi connectivity index (χ1v) is 11.9. The van der Waals surface area contributed by atoms with Gasteiger partial charge in [0, 0.05) is 18.0 Å². The highest BCUT2D eigenvalue weighted by atomic mass is 16.7. The van der Waals surface area contributed by atoms with Crippen molar-refractivity contribution in [3.05, 3.63) is 82.9 Å². The third-order valence-corrected chi connectivity index (χ3v) is 6.99. The number of carbonyl (C=O) groups is 2. The number of ketones is 1. The average Bonchev–Trinajstić information content (AvgIpc) is 3.56. The summed E-state index contributed by atoms with van der Waals surface area (Å²) in [4.78, 5) is 25.7. The van der Waals surface area contributed by atoms with E-state index in [0.717, 1.165) is 46.4 Å². The number of aliphatic hydroxyl groups excluding tert-OH is 1. The van der Waals surface area contributed by atoms with Crippen molar-refractivity contribution in [3.63, 3.8) is 0 Å². The maximum absolute atomic E-state index is 13.4. The van der Waals surface area contributed by atoms with Crippen LogP contribution in [0.5, 0.6) is 11.5 Å². The van der Waals surface area contributed by atoms with Gasteiger partial charge in [-0.1, -0.05) is 36.4 Å². The first kappa shape index (κ1) is 23.1. The number of nitrogens with one attached hydrogen (secondary N) is 1. The zero-order valence-electron chi connectivity index (χ0n) is 20.0. The number of fused-ring (bicyclic) bond motifs is 1. The Morgan fingerprint density at radius 2 is 1.74 bits per heavy atom. The maximum atomic E-state index is 13.4. The van der Waals surface area contributed by atoms with Crippen LogP contribution in [0.2, 0.25) is 0 Å². The van der Waals surface area contributed by atoms with Crippen molar-refractivity contribution >= 4 is 11.7 Å². The number of carbonyl (C=O) groups excluding carboxylic acids is 2. The Hall–Kier alpha value is -3.64. The second kappa shape index (κ2) is 9.19. The summed E-state index contributed by atoms with van der Waals surface area (Å²) >= 11 is 0. The van der Waals surface area contributed by atoms with Crippen LogP contribution in [0.4, 0.5) is 0 Å². The van der Waals surface area contributed by atoms with E-state index in [0.29, 0.717) is 17.7 Å². The van der Waals surface area contributed by atoms with Gasteiger partial charge in [0.25, 0.3) is 5.91 Å². The van der Waals surface area contributed by atoms with Gasteiger partial charge in [0.05, 0.1) is 12.0 Å². The van der Waals surface area contributed by atoms with Gasteiger partial charge in [-0.05, 0) is 78.8 Å². The lowest BCUT2D eigenvalue weighted by Crippen LogP contribution is -2.34. The van der Waals surface area contributed by atoms with Crippen molar-refractivity contribution in [2.75, 3.05) is 13.4 Å². The summed E-state index contributed by atoms with van der Waals surface area (Å²) in [5.41, 5.74) is 5.21. The minimum Gasteiger partial charge on any atom is -0.454 e. The number of ether oxygens (including phenoxy) is 2. The molecule has 1 heterocycles. The Morgan fingerprint density at radius 1 is 1.00 bits per heavy atom. The molecule has 1 aliphatic carbocycles. The van der Waals surface area contributed by atoms with Crippen molar-refractivity contribution in [1.82, 2.24) is 5.32 Å². The van der Waals surface area contributed by atoms with E-state index >= 15 is 0 Å². The molecule has 6 nitrogen and oxygen atoms in total. The van der Waals surface area contributed by atoms with Crippen molar-refractivity contribution in [3.8, 4) is 22.6 Å². The van der Waals surface area contributed by atoms with Crippen LogP contribution < -0.4 is 14.8 Å². The molecule has 1 saturated carbocycles. The van der Waals surface area contributed by atoms with Crippen LogP contribution in [0.25, 0.3) is 11.1 Å². The fourth-order valence-corrected chi connectivity index (χ4v) is 4.65. The van der Waals surface area contributed by atoms with Crippen LogP contribution in [0.1, 0.15) is 46.8 Å². The molecule has 3 aromatic rings. The molecule has 3 aromatic carbocycles. The standard InChI is InChI=1S/C29H29NO5/c1-18-3-4-20(13-24(18)21-5-7-22(8-6-21)28(33)30-19(2)16-31)14-27(32)29(11-12-29)23-9-10-25-26(15-23)35-17-34-25/h3-10,13,15,19,31H,11-12,14,16-17H2,1-2H3,(H,30,33)/t19-/m1/s1. The van der Waals surface area contributed by atoms with E-state index < -0.39 is 5.41 Å². The number of amides is 1. The topological polar surface area (TPSA) is 84.9 Å². The number of Topliss-reactive ketones (excluding diaryl/α,β-unsaturated/α-hetero) is 1. The van der Waals surface area contributed by atoms with Crippen LogP contribution in [-0.2, 0) is 16.6 Å². The van der Waals surface area contributed by atoms with Gasteiger partial charge in [-0.2, -0.15) is 0 Å². The SMILES string of the molecule is Cc1ccc(CC(=O)C2(c3ccc4c(c3)OCO4)CC2)cc1-c1ccc(C(=O)N[C@H](C)CO)cc1. The molecular weight excluding hydrogens is 442 g/mol. The van der Waals surface area contributed by atoms with E-state index in [1.807, 2.05) is 49.4 Å². The van der Waals surface area contributed by atoms with E-state index in [1.165, 1.54) is 0 Å². The van der Waals surface area contributed by atoms with Gasteiger partial charge in [0.15, 0.2) is 11.5 Å². The number of aryl methyl sites for hydroxylation is 1. The molecule has 0 radical (unpaired) electrons. The summed E-state index contributed by atoms with van der Waals surface area (Å²) in [7, 11) is 0. The van der Waals surface area contributed by atoms with Crippen LogP contribution >= 0.6 is 0 Å². The average molecular weight is 472 g/mol. The molecule has 180 valence electrons. The molecule has 0 unspecified atom stereocenters. The van der Waals surface area contributed by atoms with Gasteiger partial charge >= 0.3 is 0 Å². The Kier molecular flexibility index (Phi) is 6.07. The first-order valence-electron chi connectivity index (χ1n) is 11.9. The van der Waals surface area contributed by atoms with Crippen LogP contribution in [0.3, 0.4) is 0 Å². The summed E-state index contributed by atoms with van der Waals surface area (Å²) in [6, 6.07) is 19.1. The number of aliphatic hydroxyl groups is 1. The van der Waals surface area contributed by atoms with Gasteiger partial charge in [0.2, 0.25) is 6.79 Å². The monoisotopic (exact) mass is 471 g/mol.